The summed E-state index contributed by atoms with van der Waals surface area (Å²) in [5.74, 6) is -1.50. The molecule has 0 radical (unpaired) electrons. The Hall–Kier alpha value is -2.38. The number of nitrogens with zero attached hydrogens (tertiary/aromatic N) is 1. The van der Waals surface area contributed by atoms with Crippen LogP contribution in [0.1, 0.15) is 18.6 Å². The average molecular weight is 349 g/mol. The molecule has 124 valence electrons. The SMILES string of the molecule is CC1(C(O)c2ccc(F)cc2)OC(=S)N(c2ccc(F)cc2)C1=O. The maximum absolute atomic E-state index is 13.1. The predicted molar refractivity (Wildman–Crippen MR) is 87.3 cm³/mol. The molecule has 7 heteroatoms. The Labute approximate surface area is 142 Å². The van der Waals surface area contributed by atoms with Crippen LogP contribution in [0.15, 0.2) is 48.5 Å². The third kappa shape index (κ3) is 2.65. The molecule has 0 bridgehead atoms. The van der Waals surface area contributed by atoms with Crippen LogP contribution in [0.3, 0.4) is 0 Å². The van der Waals surface area contributed by atoms with Crippen molar-refractivity contribution in [2.45, 2.75) is 18.6 Å². The molecule has 1 amide bonds. The molecule has 0 aromatic heterocycles. The molecule has 1 fully saturated rings. The Morgan fingerprint density at radius 2 is 1.58 bits per heavy atom. The van der Waals surface area contributed by atoms with Crippen LogP contribution in [0.2, 0.25) is 0 Å². The molecular formula is C17H13F2NO3S. The molecule has 1 N–H and O–H groups in total. The molecular weight excluding hydrogens is 336 g/mol. The van der Waals surface area contributed by atoms with E-state index >= 15 is 0 Å². The van der Waals surface area contributed by atoms with Crippen LogP contribution in [0.4, 0.5) is 14.5 Å². The summed E-state index contributed by atoms with van der Waals surface area (Å²) >= 11 is 5.09. The number of hydrogen-bond acceptors (Lipinski definition) is 4. The number of ether oxygens (including phenoxy) is 1. The number of aliphatic hydroxyl groups is 1. The van der Waals surface area contributed by atoms with Crippen molar-refractivity contribution in [1.29, 1.82) is 0 Å². The van der Waals surface area contributed by atoms with Crippen molar-refractivity contribution in [3.63, 3.8) is 0 Å². The highest BCUT2D eigenvalue weighted by Crippen LogP contribution is 2.38. The van der Waals surface area contributed by atoms with Gasteiger partial charge >= 0.3 is 0 Å². The van der Waals surface area contributed by atoms with Crippen molar-refractivity contribution in [2.75, 3.05) is 4.90 Å². The third-order valence-corrected chi connectivity index (χ3v) is 4.17. The van der Waals surface area contributed by atoms with Crippen LogP contribution in [0, 0.1) is 11.6 Å². The molecule has 2 aromatic rings. The van der Waals surface area contributed by atoms with Gasteiger partial charge in [-0.2, -0.15) is 0 Å². The van der Waals surface area contributed by atoms with Crippen molar-refractivity contribution in [3.05, 3.63) is 65.7 Å². The molecule has 3 rings (SSSR count). The van der Waals surface area contributed by atoms with Gasteiger partial charge in [-0.05, 0) is 61.1 Å². The van der Waals surface area contributed by atoms with E-state index in [0.29, 0.717) is 11.3 Å². The summed E-state index contributed by atoms with van der Waals surface area (Å²) < 4.78 is 31.6. The van der Waals surface area contributed by atoms with Gasteiger partial charge in [-0.15, -0.1) is 0 Å². The second-order valence-corrected chi connectivity index (χ2v) is 5.90. The van der Waals surface area contributed by atoms with Gasteiger partial charge in [0.25, 0.3) is 11.1 Å². The lowest BCUT2D eigenvalue weighted by atomic mass is 9.92. The maximum Gasteiger partial charge on any atom is 0.281 e. The van der Waals surface area contributed by atoms with Crippen molar-refractivity contribution in [1.82, 2.24) is 0 Å². The van der Waals surface area contributed by atoms with Gasteiger partial charge in [-0.3, -0.25) is 4.79 Å². The van der Waals surface area contributed by atoms with E-state index in [2.05, 4.69) is 0 Å². The third-order valence-electron chi connectivity index (χ3n) is 3.90. The predicted octanol–water partition coefficient (Wildman–Crippen LogP) is 3.11. The first kappa shape index (κ1) is 16.5. The number of carbonyl (C=O) groups excluding carboxylic acids is 1. The summed E-state index contributed by atoms with van der Waals surface area (Å²) in [7, 11) is 0. The molecule has 0 spiro atoms. The fourth-order valence-corrected chi connectivity index (χ4v) is 2.89. The summed E-state index contributed by atoms with van der Waals surface area (Å²) in [6.45, 7) is 1.40. The van der Waals surface area contributed by atoms with E-state index < -0.39 is 29.2 Å². The van der Waals surface area contributed by atoms with E-state index in [-0.39, 0.29) is 5.17 Å². The number of anilines is 1. The summed E-state index contributed by atoms with van der Waals surface area (Å²) in [5, 5.41) is 10.4. The molecule has 0 saturated carbocycles. The lowest BCUT2D eigenvalue weighted by Crippen LogP contribution is -2.43. The monoisotopic (exact) mass is 349 g/mol. The molecule has 24 heavy (non-hydrogen) atoms. The Bertz CT molecular complexity index is 794. The normalized spacial score (nSPS) is 21.8. The number of thiocarbonyl (C=S) groups is 1. The summed E-state index contributed by atoms with van der Waals surface area (Å²) in [6.07, 6.45) is -1.35. The molecule has 2 atom stereocenters. The highest BCUT2D eigenvalue weighted by molar-refractivity contribution is 7.80. The maximum atomic E-state index is 13.1. The first-order chi connectivity index (χ1) is 11.3. The van der Waals surface area contributed by atoms with Crippen molar-refractivity contribution < 1.29 is 23.4 Å². The van der Waals surface area contributed by atoms with Crippen molar-refractivity contribution in [2.24, 2.45) is 0 Å². The van der Waals surface area contributed by atoms with Crippen molar-refractivity contribution >= 4 is 29.0 Å². The number of carbonyl (C=O) groups is 1. The summed E-state index contributed by atoms with van der Waals surface area (Å²) in [6, 6.07) is 10.2. The van der Waals surface area contributed by atoms with E-state index in [1.807, 2.05) is 0 Å². The molecule has 1 saturated heterocycles. The van der Waals surface area contributed by atoms with Gasteiger partial charge < -0.3 is 9.84 Å². The van der Waals surface area contributed by atoms with Crippen LogP contribution < -0.4 is 4.90 Å². The highest BCUT2D eigenvalue weighted by atomic mass is 32.1. The Morgan fingerprint density at radius 3 is 2.12 bits per heavy atom. The quantitative estimate of drug-likeness (QED) is 0.865. The fourth-order valence-electron chi connectivity index (χ4n) is 2.52. The summed E-state index contributed by atoms with van der Waals surface area (Å²) in [4.78, 5) is 13.9. The first-order valence-corrected chi connectivity index (χ1v) is 7.50. The van der Waals surface area contributed by atoms with E-state index in [1.165, 1.54) is 55.5 Å². The minimum absolute atomic E-state index is 0.143. The van der Waals surface area contributed by atoms with Gasteiger partial charge in [0.1, 0.15) is 17.7 Å². The van der Waals surface area contributed by atoms with Crippen molar-refractivity contribution in [3.8, 4) is 0 Å². The van der Waals surface area contributed by atoms with Crippen LogP contribution in [0.5, 0.6) is 0 Å². The van der Waals surface area contributed by atoms with Gasteiger partial charge in [0.05, 0.1) is 5.69 Å². The Morgan fingerprint density at radius 1 is 1.08 bits per heavy atom. The second-order valence-electron chi connectivity index (χ2n) is 5.55. The molecule has 2 unspecified atom stereocenters. The molecule has 0 aliphatic carbocycles. The zero-order valence-electron chi connectivity index (χ0n) is 12.6. The van der Waals surface area contributed by atoms with Crippen LogP contribution in [-0.4, -0.2) is 21.8 Å². The zero-order valence-corrected chi connectivity index (χ0v) is 13.4. The number of amides is 1. The zero-order chi connectivity index (χ0) is 17.5. The summed E-state index contributed by atoms with van der Waals surface area (Å²) in [5.41, 5.74) is -1.01. The number of halogens is 2. The van der Waals surface area contributed by atoms with Crippen LogP contribution in [-0.2, 0) is 9.53 Å². The number of aliphatic hydroxyl groups excluding tert-OH is 1. The van der Waals surface area contributed by atoms with E-state index in [1.54, 1.807) is 0 Å². The largest absolute Gasteiger partial charge is 0.451 e. The molecule has 1 aliphatic rings. The highest BCUT2D eigenvalue weighted by Gasteiger charge is 2.54. The lowest BCUT2D eigenvalue weighted by Gasteiger charge is -2.26. The smallest absolute Gasteiger partial charge is 0.281 e. The number of benzene rings is 2. The minimum atomic E-state index is -1.66. The first-order valence-electron chi connectivity index (χ1n) is 7.09. The number of hydrogen-bond donors (Lipinski definition) is 1. The molecule has 2 aromatic carbocycles. The Kier molecular flexibility index (Phi) is 4.06. The topological polar surface area (TPSA) is 49.8 Å². The average Bonchev–Trinajstić information content (AvgIpc) is 2.79. The minimum Gasteiger partial charge on any atom is -0.451 e. The second kappa shape index (κ2) is 5.92. The molecule has 1 aliphatic heterocycles. The van der Waals surface area contributed by atoms with E-state index in [4.69, 9.17) is 17.0 Å². The lowest BCUT2D eigenvalue weighted by molar-refractivity contribution is -0.137. The fraction of sp³-hybridized carbons (Fsp3) is 0.176. The van der Waals surface area contributed by atoms with Crippen LogP contribution in [0.25, 0.3) is 0 Å². The van der Waals surface area contributed by atoms with E-state index in [9.17, 15) is 18.7 Å². The Balaban J connectivity index is 1.94. The van der Waals surface area contributed by atoms with Gasteiger partial charge in [0, 0.05) is 0 Å². The van der Waals surface area contributed by atoms with Crippen LogP contribution >= 0.6 is 12.2 Å². The number of rotatable bonds is 3. The standard InChI is InChI=1S/C17H13F2NO3S/c1-17(14(21)10-2-4-11(18)5-3-10)15(22)20(16(24)23-17)13-8-6-12(19)7-9-13/h2-9,14,21H,1H3. The molecule has 4 nitrogen and oxygen atoms in total. The van der Waals surface area contributed by atoms with Gasteiger partial charge in [-0.1, -0.05) is 12.1 Å². The molecule has 1 heterocycles. The van der Waals surface area contributed by atoms with Gasteiger partial charge in [0.15, 0.2) is 0 Å². The van der Waals surface area contributed by atoms with E-state index in [0.717, 1.165) is 4.90 Å². The van der Waals surface area contributed by atoms with Gasteiger partial charge in [0.2, 0.25) is 5.60 Å². The van der Waals surface area contributed by atoms with Gasteiger partial charge in [-0.25, -0.2) is 13.7 Å².